The third kappa shape index (κ3) is 2.84. The molecule has 6 heteroatoms. The Bertz CT molecular complexity index is 1070. The van der Waals surface area contributed by atoms with Gasteiger partial charge in [0, 0.05) is 0 Å². The summed E-state index contributed by atoms with van der Waals surface area (Å²) in [4.78, 5) is 34.1. The van der Waals surface area contributed by atoms with Crippen molar-refractivity contribution < 1.29 is 19.2 Å². The van der Waals surface area contributed by atoms with E-state index in [0.29, 0.717) is 11.4 Å². The van der Waals surface area contributed by atoms with Gasteiger partial charge in [-0.25, -0.2) is 9.96 Å². The largest absolute Gasteiger partial charge is 0.497 e. The van der Waals surface area contributed by atoms with Crippen LogP contribution in [-0.2, 0) is 14.4 Å². The molecular formula is C24H20N2O4. The van der Waals surface area contributed by atoms with E-state index in [1.807, 2.05) is 60.7 Å². The SMILES string of the molecule is COc1ccc(N2C(=O)[C@H]3[C@@H](ON(c4ccccc4)[C@H]3c3ccccc3)C2=O)cc1. The van der Waals surface area contributed by atoms with E-state index in [2.05, 4.69) is 0 Å². The number of anilines is 2. The lowest BCUT2D eigenvalue weighted by molar-refractivity contribution is -0.126. The second-order valence-corrected chi connectivity index (χ2v) is 7.28. The molecule has 0 aromatic heterocycles. The number of methoxy groups -OCH3 is 1. The molecule has 2 aliphatic heterocycles. The van der Waals surface area contributed by atoms with E-state index >= 15 is 0 Å². The zero-order valence-corrected chi connectivity index (χ0v) is 16.3. The minimum atomic E-state index is -0.870. The smallest absolute Gasteiger partial charge is 0.266 e. The summed E-state index contributed by atoms with van der Waals surface area (Å²) in [7, 11) is 1.57. The quantitative estimate of drug-likeness (QED) is 0.625. The molecular weight excluding hydrogens is 380 g/mol. The average molecular weight is 400 g/mol. The van der Waals surface area contributed by atoms with Crippen LogP contribution in [0, 0.1) is 5.92 Å². The molecule has 0 spiro atoms. The molecule has 2 heterocycles. The standard InChI is InChI=1S/C24H20N2O4/c1-29-19-14-12-17(13-15-19)25-23(27)20-21(16-8-4-2-5-9-16)26(30-22(20)24(25)28)18-10-6-3-7-11-18/h2-15,20-22H,1H3/t20-,21+,22-/m1/s1. The van der Waals surface area contributed by atoms with Crippen LogP contribution in [0.4, 0.5) is 11.4 Å². The average Bonchev–Trinajstić information content (AvgIpc) is 3.31. The summed E-state index contributed by atoms with van der Waals surface area (Å²) in [5, 5.41) is 1.70. The molecule has 5 rings (SSSR count). The van der Waals surface area contributed by atoms with Crippen molar-refractivity contribution in [3.63, 3.8) is 0 Å². The Balaban J connectivity index is 1.55. The van der Waals surface area contributed by atoms with E-state index in [4.69, 9.17) is 9.57 Å². The number of carbonyl (C=O) groups is 2. The Morgan fingerprint density at radius 2 is 1.40 bits per heavy atom. The highest BCUT2D eigenvalue weighted by molar-refractivity contribution is 6.23. The first-order chi connectivity index (χ1) is 14.7. The Morgan fingerprint density at radius 3 is 2.03 bits per heavy atom. The molecule has 2 aliphatic rings. The third-order valence-corrected chi connectivity index (χ3v) is 5.60. The fourth-order valence-electron chi connectivity index (χ4n) is 4.19. The van der Waals surface area contributed by atoms with Crippen molar-refractivity contribution in [1.82, 2.24) is 0 Å². The lowest BCUT2D eigenvalue weighted by Gasteiger charge is -2.28. The number of benzene rings is 3. The summed E-state index contributed by atoms with van der Waals surface area (Å²) in [6, 6.07) is 25.7. The zero-order valence-electron chi connectivity index (χ0n) is 16.3. The number of carbonyl (C=O) groups excluding carboxylic acids is 2. The first-order valence-corrected chi connectivity index (χ1v) is 9.77. The molecule has 150 valence electrons. The number of hydrogen-bond donors (Lipinski definition) is 0. The van der Waals surface area contributed by atoms with Crippen molar-refractivity contribution in [3.05, 3.63) is 90.5 Å². The van der Waals surface area contributed by atoms with Crippen LogP contribution in [0.2, 0.25) is 0 Å². The highest BCUT2D eigenvalue weighted by Gasteiger charge is 2.60. The van der Waals surface area contributed by atoms with Crippen LogP contribution in [0.1, 0.15) is 11.6 Å². The van der Waals surface area contributed by atoms with E-state index < -0.39 is 18.1 Å². The highest BCUT2D eigenvalue weighted by atomic mass is 16.7. The van der Waals surface area contributed by atoms with Crippen LogP contribution >= 0.6 is 0 Å². The van der Waals surface area contributed by atoms with Gasteiger partial charge in [-0.05, 0) is 42.0 Å². The monoisotopic (exact) mass is 400 g/mol. The maximum atomic E-state index is 13.5. The van der Waals surface area contributed by atoms with Crippen LogP contribution < -0.4 is 14.7 Å². The van der Waals surface area contributed by atoms with Gasteiger partial charge >= 0.3 is 0 Å². The normalized spacial score (nSPS) is 23.0. The van der Waals surface area contributed by atoms with Crippen molar-refractivity contribution >= 4 is 23.2 Å². The molecule has 2 fully saturated rings. The van der Waals surface area contributed by atoms with Gasteiger partial charge in [-0.3, -0.25) is 14.4 Å². The van der Waals surface area contributed by atoms with Crippen LogP contribution in [0.25, 0.3) is 0 Å². The molecule has 0 saturated carbocycles. The van der Waals surface area contributed by atoms with Crippen LogP contribution in [0.15, 0.2) is 84.9 Å². The molecule has 30 heavy (non-hydrogen) atoms. The zero-order chi connectivity index (χ0) is 20.7. The lowest BCUT2D eigenvalue weighted by Crippen LogP contribution is -2.37. The van der Waals surface area contributed by atoms with Crippen molar-refractivity contribution in [3.8, 4) is 5.75 Å². The van der Waals surface area contributed by atoms with E-state index in [0.717, 1.165) is 11.3 Å². The van der Waals surface area contributed by atoms with Gasteiger partial charge < -0.3 is 4.74 Å². The molecule has 6 nitrogen and oxygen atoms in total. The number of fused-ring (bicyclic) bond motifs is 1. The molecule has 2 amide bonds. The van der Waals surface area contributed by atoms with Crippen LogP contribution in [0.3, 0.4) is 0 Å². The highest BCUT2D eigenvalue weighted by Crippen LogP contribution is 2.47. The Hall–Kier alpha value is -3.64. The van der Waals surface area contributed by atoms with Crippen molar-refractivity contribution in [2.45, 2.75) is 12.1 Å². The van der Waals surface area contributed by atoms with Crippen LogP contribution in [0.5, 0.6) is 5.75 Å². The first-order valence-electron chi connectivity index (χ1n) is 9.77. The van der Waals surface area contributed by atoms with E-state index in [9.17, 15) is 9.59 Å². The van der Waals surface area contributed by atoms with Gasteiger partial charge in [-0.15, -0.1) is 0 Å². The summed E-state index contributed by atoms with van der Waals surface area (Å²) in [5.41, 5.74) is 2.24. The lowest BCUT2D eigenvalue weighted by atomic mass is 9.90. The van der Waals surface area contributed by atoms with Crippen LogP contribution in [-0.4, -0.2) is 25.0 Å². The topological polar surface area (TPSA) is 59.1 Å². The van der Waals surface area contributed by atoms with E-state index in [1.54, 1.807) is 36.4 Å². The van der Waals surface area contributed by atoms with Gasteiger partial charge in [0.05, 0.1) is 24.5 Å². The maximum Gasteiger partial charge on any atom is 0.266 e. The summed E-state index contributed by atoms with van der Waals surface area (Å²) >= 11 is 0. The molecule has 0 bridgehead atoms. The number of hydroxylamine groups is 1. The number of imide groups is 1. The Labute approximate surface area is 174 Å². The molecule has 3 aromatic carbocycles. The third-order valence-electron chi connectivity index (χ3n) is 5.60. The molecule has 3 atom stereocenters. The maximum absolute atomic E-state index is 13.5. The fraction of sp³-hybridized carbons (Fsp3) is 0.167. The Kier molecular flexibility index (Phi) is 4.48. The van der Waals surface area contributed by atoms with Gasteiger partial charge in [0.15, 0.2) is 6.10 Å². The predicted octanol–water partition coefficient (Wildman–Crippen LogP) is 3.75. The van der Waals surface area contributed by atoms with Gasteiger partial charge in [-0.2, -0.15) is 0 Å². The molecule has 0 aliphatic carbocycles. The summed E-state index contributed by atoms with van der Waals surface area (Å²) in [5.74, 6) is -0.592. The number of para-hydroxylation sites is 1. The van der Waals surface area contributed by atoms with E-state index in [1.165, 1.54) is 4.90 Å². The fourth-order valence-corrected chi connectivity index (χ4v) is 4.19. The minimum absolute atomic E-state index is 0.262. The molecule has 3 aromatic rings. The number of rotatable bonds is 4. The van der Waals surface area contributed by atoms with Crippen molar-refractivity contribution in [1.29, 1.82) is 0 Å². The second-order valence-electron chi connectivity index (χ2n) is 7.28. The number of nitrogens with zero attached hydrogens (tertiary/aromatic N) is 2. The predicted molar refractivity (Wildman–Crippen MR) is 112 cm³/mol. The van der Waals surface area contributed by atoms with Crippen molar-refractivity contribution in [2.24, 2.45) is 5.92 Å². The number of amides is 2. The summed E-state index contributed by atoms with van der Waals surface area (Å²) < 4.78 is 5.18. The molecule has 0 radical (unpaired) electrons. The first kappa shape index (κ1) is 18.4. The second kappa shape index (κ2) is 7.31. The molecule has 2 saturated heterocycles. The Morgan fingerprint density at radius 1 is 0.767 bits per heavy atom. The van der Waals surface area contributed by atoms with Gasteiger partial charge in [0.2, 0.25) is 5.91 Å². The van der Waals surface area contributed by atoms with Gasteiger partial charge in [0.25, 0.3) is 5.91 Å². The number of hydrogen-bond acceptors (Lipinski definition) is 5. The summed E-state index contributed by atoms with van der Waals surface area (Å²) in [6.07, 6.45) is -0.870. The van der Waals surface area contributed by atoms with Crippen molar-refractivity contribution in [2.75, 3.05) is 17.1 Å². The van der Waals surface area contributed by atoms with Gasteiger partial charge in [0.1, 0.15) is 11.7 Å². The number of ether oxygens (including phenoxy) is 1. The molecule has 0 unspecified atom stereocenters. The van der Waals surface area contributed by atoms with E-state index in [-0.39, 0.29) is 11.8 Å². The minimum Gasteiger partial charge on any atom is -0.497 e. The summed E-state index contributed by atoms with van der Waals surface area (Å²) in [6.45, 7) is 0. The molecule has 0 N–H and O–H groups in total. The van der Waals surface area contributed by atoms with Gasteiger partial charge in [-0.1, -0.05) is 48.5 Å².